The Bertz CT molecular complexity index is 211. The van der Waals surface area contributed by atoms with Crippen LogP contribution in [0.15, 0.2) is 0 Å². The molecule has 15 heavy (non-hydrogen) atoms. The van der Waals surface area contributed by atoms with Gasteiger partial charge in [0.15, 0.2) is 0 Å². The first-order valence-electron chi connectivity index (χ1n) is 6.66. The normalized spacial score (nSPS) is 39.8. The summed E-state index contributed by atoms with van der Waals surface area (Å²) in [5.41, 5.74) is 0.404. The molecule has 2 unspecified atom stereocenters. The molecule has 0 aromatic rings. The van der Waals surface area contributed by atoms with Crippen LogP contribution in [0.5, 0.6) is 0 Å². The predicted octanol–water partition coefficient (Wildman–Crippen LogP) is 2.39. The Kier molecular flexibility index (Phi) is 3.36. The molecule has 2 rings (SSSR count). The molecule has 2 fully saturated rings. The minimum Gasteiger partial charge on any atom is -0.311 e. The second-order valence-corrected chi connectivity index (χ2v) is 5.72. The topological polar surface area (TPSA) is 15.3 Å². The van der Waals surface area contributed by atoms with E-state index >= 15 is 0 Å². The number of piperazine rings is 1. The summed E-state index contributed by atoms with van der Waals surface area (Å²) in [4.78, 5) is 2.81. The Morgan fingerprint density at radius 3 is 2.60 bits per heavy atom. The van der Waals surface area contributed by atoms with Gasteiger partial charge in [-0.15, -0.1) is 0 Å². The summed E-state index contributed by atoms with van der Waals surface area (Å²) in [6, 6.07) is 1.55. The van der Waals surface area contributed by atoms with E-state index in [-0.39, 0.29) is 0 Å². The van der Waals surface area contributed by atoms with Crippen LogP contribution < -0.4 is 5.32 Å². The molecule has 2 atom stereocenters. The van der Waals surface area contributed by atoms with E-state index in [2.05, 4.69) is 31.0 Å². The van der Waals surface area contributed by atoms with Crippen LogP contribution in [0.3, 0.4) is 0 Å². The van der Waals surface area contributed by atoms with Gasteiger partial charge in [0, 0.05) is 30.7 Å². The third kappa shape index (κ3) is 2.21. The fourth-order valence-corrected chi connectivity index (χ4v) is 3.21. The number of nitrogens with one attached hydrogen (secondary N) is 1. The zero-order valence-corrected chi connectivity index (χ0v) is 10.6. The van der Waals surface area contributed by atoms with Gasteiger partial charge in [0.25, 0.3) is 0 Å². The fraction of sp³-hybridized carbons (Fsp3) is 1.00. The molecule has 1 saturated heterocycles. The molecule has 0 aromatic carbocycles. The van der Waals surface area contributed by atoms with Crippen molar-refractivity contribution in [3.8, 4) is 0 Å². The zero-order valence-electron chi connectivity index (χ0n) is 10.6. The predicted molar refractivity (Wildman–Crippen MR) is 65.1 cm³/mol. The van der Waals surface area contributed by atoms with Gasteiger partial charge in [0.2, 0.25) is 0 Å². The van der Waals surface area contributed by atoms with Gasteiger partial charge in [-0.1, -0.05) is 19.8 Å². The van der Waals surface area contributed by atoms with E-state index in [0.29, 0.717) is 11.6 Å². The Labute approximate surface area is 94.4 Å². The third-order valence-electron chi connectivity index (χ3n) is 4.52. The Morgan fingerprint density at radius 2 is 2.00 bits per heavy atom. The van der Waals surface area contributed by atoms with Crippen LogP contribution in [0, 0.1) is 0 Å². The number of hydrogen-bond acceptors (Lipinski definition) is 2. The second-order valence-electron chi connectivity index (χ2n) is 5.72. The summed E-state index contributed by atoms with van der Waals surface area (Å²) in [5.74, 6) is 0. The molecule has 1 aliphatic carbocycles. The summed E-state index contributed by atoms with van der Waals surface area (Å²) in [6.07, 6.45) is 7.03. The van der Waals surface area contributed by atoms with Crippen LogP contribution in [0.25, 0.3) is 0 Å². The highest BCUT2D eigenvalue weighted by Gasteiger charge is 2.39. The van der Waals surface area contributed by atoms with Crippen molar-refractivity contribution >= 4 is 0 Å². The first-order chi connectivity index (χ1) is 7.15. The van der Waals surface area contributed by atoms with Crippen molar-refractivity contribution in [2.75, 3.05) is 13.1 Å². The maximum absolute atomic E-state index is 3.64. The van der Waals surface area contributed by atoms with E-state index in [4.69, 9.17) is 0 Å². The second kappa shape index (κ2) is 4.42. The molecule has 0 amide bonds. The Hall–Kier alpha value is -0.0800. The van der Waals surface area contributed by atoms with Crippen molar-refractivity contribution < 1.29 is 0 Å². The molecule has 0 bridgehead atoms. The molecule has 0 radical (unpaired) electrons. The van der Waals surface area contributed by atoms with Gasteiger partial charge >= 0.3 is 0 Å². The summed E-state index contributed by atoms with van der Waals surface area (Å²) in [6.45, 7) is 9.50. The summed E-state index contributed by atoms with van der Waals surface area (Å²) in [7, 11) is 0. The highest BCUT2D eigenvalue weighted by molar-refractivity contribution is 4.97. The van der Waals surface area contributed by atoms with E-state index in [9.17, 15) is 0 Å². The molecular formula is C13H26N2. The minimum atomic E-state index is 0.404. The SMILES string of the molecule is CCC1(C)CNC(C)CN1C1CCCC1. The number of rotatable bonds is 2. The molecule has 2 aliphatic rings. The van der Waals surface area contributed by atoms with Gasteiger partial charge < -0.3 is 5.32 Å². The average Bonchev–Trinajstić information content (AvgIpc) is 2.75. The number of nitrogens with zero attached hydrogens (tertiary/aromatic N) is 1. The Balaban J connectivity index is 2.08. The molecule has 0 aromatic heterocycles. The lowest BCUT2D eigenvalue weighted by Crippen LogP contribution is -2.64. The molecule has 2 nitrogen and oxygen atoms in total. The Morgan fingerprint density at radius 1 is 1.33 bits per heavy atom. The molecular weight excluding hydrogens is 184 g/mol. The van der Waals surface area contributed by atoms with Gasteiger partial charge in [-0.2, -0.15) is 0 Å². The smallest absolute Gasteiger partial charge is 0.0306 e. The number of hydrogen-bond donors (Lipinski definition) is 1. The van der Waals surface area contributed by atoms with Crippen molar-refractivity contribution in [1.82, 2.24) is 10.2 Å². The minimum absolute atomic E-state index is 0.404. The first kappa shape index (κ1) is 11.4. The van der Waals surface area contributed by atoms with Crippen LogP contribution in [-0.2, 0) is 0 Å². The van der Waals surface area contributed by atoms with Crippen LogP contribution in [0.1, 0.15) is 52.9 Å². The van der Waals surface area contributed by atoms with Gasteiger partial charge in [0.05, 0.1) is 0 Å². The van der Waals surface area contributed by atoms with Gasteiger partial charge in [-0.25, -0.2) is 0 Å². The lowest BCUT2D eigenvalue weighted by molar-refractivity contribution is 0.0153. The third-order valence-corrected chi connectivity index (χ3v) is 4.52. The monoisotopic (exact) mass is 210 g/mol. The van der Waals surface area contributed by atoms with E-state index in [1.165, 1.54) is 45.2 Å². The molecule has 0 spiro atoms. The average molecular weight is 210 g/mol. The molecule has 1 aliphatic heterocycles. The lowest BCUT2D eigenvalue weighted by Gasteiger charge is -2.50. The van der Waals surface area contributed by atoms with E-state index in [0.717, 1.165) is 6.04 Å². The maximum atomic E-state index is 3.64. The fourth-order valence-electron chi connectivity index (χ4n) is 3.21. The standard InChI is InChI=1S/C13H26N2/c1-4-13(3)10-14-11(2)9-15(13)12-7-5-6-8-12/h11-12,14H,4-10H2,1-3H3. The van der Waals surface area contributed by atoms with Gasteiger partial charge in [-0.05, 0) is 33.1 Å². The van der Waals surface area contributed by atoms with E-state index in [1.54, 1.807) is 0 Å². The molecule has 1 heterocycles. The molecule has 88 valence electrons. The van der Waals surface area contributed by atoms with Crippen LogP contribution >= 0.6 is 0 Å². The molecule has 1 saturated carbocycles. The first-order valence-corrected chi connectivity index (χ1v) is 6.66. The molecule has 1 N–H and O–H groups in total. The van der Waals surface area contributed by atoms with Crippen molar-refractivity contribution in [3.05, 3.63) is 0 Å². The zero-order chi connectivity index (χ0) is 10.9. The van der Waals surface area contributed by atoms with Crippen molar-refractivity contribution in [2.24, 2.45) is 0 Å². The van der Waals surface area contributed by atoms with E-state index < -0.39 is 0 Å². The summed E-state index contributed by atoms with van der Waals surface area (Å²) >= 11 is 0. The summed E-state index contributed by atoms with van der Waals surface area (Å²) < 4.78 is 0. The van der Waals surface area contributed by atoms with Crippen molar-refractivity contribution in [3.63, 3.8) is 0 Å². The van der Waals surface area contributed by atoms with Crippen molar-refractivity contribution in [2.45, 2.75) is 70.5 Å². The van der Waals surface area contributed by atoms with Crippen LogP contribution in [0.2, 0.25) is 0 Å². The quantitative estimate of drug-likeness (QED) is 0.753. The highest BCUT2D eigenvalue weighted by Crippen LogP contribution is 2.32. The van der Waals surface area contributed by atoms with Crippen LogP contribution in [0.4, 0.5) is 0 Å². The van der Waals surface area contributed by atoms with Crippen LogP contribution in [-0.4, -0.2) is 35.6 Å². The van der Waals surface area contributed by atoms with Crippen molar-refractivity contribution in [1.29, 1.82) is 0 Å². The van der Waals surface area contributed by atoms with Gasteiger partial charge in [0.1, 0.15) is 0 Å². The highest BCUT2D eigenvalue weighted by atomic mass is 15.3. The maximum Gasteiger partial charge on any atom is 0.0306 e. The van der Waals surface area contributed by atoms with Gasteiger partial charge in [-0.3, -0.25) is 4.90 Å². The summed E-state index contributed by atoms with van der Waals surface area (Å²) in [5, 5.41) is 3.64. The molecule has 2 heteroatoms. The lowest BCUT2D eigenvalue weighted by atomic mass is 9.90. The largest absolute Gasteiger partial charge is 0.311 e. The van der Waals surface area contributed by atoms with E-state index in [1.807, 2.05) is 0 Å².